The molecule has 1 N–H and O–H groups in total. The van der Waals surface area contributed by atoms with E-state index in [1.165, 1.54) is 19.3 Å². The van der Waals surface area contributed by atoms with Crippen molar-refractivity contribution in [3.63, 3.8) is 0 Å². The van der Waals surface area contributed by atoms with Gasteiger partial charge < -0.3 is 15.0 Å². The lowest BCUT2D eigenvalue weighted by molar-refractivity contribution is 0.192. The smallest absolute Gasteiger partial charge is 0.318 e. The fraction of sp³-hybridized carbons (Fsp3) is 0.611. The molecule has 1 aliphatic rings. The minimum atomic E-state index is 0.0549. The van der Waals surface area contributed by atoms with E-state index >= 15 is 0 Å². The molecule has 4 heteroatoms. The Morgan fingerprint density at radius 2 is 2.00 bits per heavy atom. The number of para-hydroxylation sites is 1. The molecule has 1 fully saturated rings. The quantitative estimate of drug-likeness (QED) is 0.739. The van der Waals surface area contributed by atoms with Gasteiger partial charge >= 0.3 is 6.03 Å². The molecule has 22 heavy (non-hydrogen) atoms. The molecular formula is C18H28N2O2. The van der Waals surface area contributed by atoms with Crippen molar-refractivity contribution in [3.05, 3.63) is 29.8 Å². The number of carbonyl (C=O) groups is 1. The first kappa shape index (κ1) is 16.7. The van der Waals surface area contributed by atoms with Crippen LogP contribution in [0.2, 0.25) is 0 Å². The van der Waals surface area contributed by atoms with E-state index in [1.54, 1.807) is 7.11 Å². The molecule has 4 nitrogen and oxygen atoms in total. The van der Waals surface area contributed by atoms with Crippen molar-refractivity contribution in [1.82, 2.24) is 10.2 Å². The van der Waals surface area contributed by atoms with Crippen LogP contribution in [0.5, 0.6) is 5.75 Å². The van der Waals surface area contributed by atoms with Crippen LogP contribution in [0.25, 0.3) is 0 Å². The molecule has 0 unspecified atom stereocenters. The second-order valence-corrected chi connectivity index (χ2v) is 5.97. The highest BCUT2D eigenvalue weighted by Crippen LogP contribution is 2.27. The summed E-state index contributed by atoms with van der Waals surface area (Å²) in [7, 11) is 1.68. The molecule has 2 atom stereocenters. The average Bonchev–Trinajstić information content (AvgIpc) is 2.84. The summed E-state index contributed by atoms with van der Waals surface area (Å²) in [4.78, 5) is 14.4. The molecule has 1 heterocycles. The van der Waals surface area contributed by atoms with Gasteiger partial charge in [0, 0.05) is 5.56 Å². The molecule has 1 aromatic carbocycles. The van der Waals surface area contributed by atoms with E-state index in [0.717, 1.165) is 24.2 Å². The number of hydrogen-bond donors (Lipinski definition) is 1. The van der Waals surface area contributed by atoms with Crippen molar-refractivity contribution in [2.75, 3.05) is 7.11 Å². The number of rotatable bonds is 8. The largest absolute Gasteiger partial charge is 0.496 e. The Morgan fingerprint density at radius 1 is 1.23 bits per heavy atom. The highest BCUT2D eigenvalue weighted by Gasteiger charge is 2.37. The summed E-state index contributed by atoms with van der Waals surface area (Å²) in [5.41, 5.74) is 1.07. The predicted molar refractivity (Wildman–Crippen MR) is 89.1 cm³/mol. The number of carbonyl (C=O) groups excluding carboxylic acids is 1. The zero-order chi connectivity index (χ0) is 15.9. The second-order valence-electron chi connectivity index (χ2n) is 5.97. The van der Waals surface area contributed by atoms with Gasteiger partial charge in [-0.05, 0) is 18.9 Å². The first-order valence-corrected chi connectivity index (χ1v) is 8.40. The van der Waals surface area contributed by atoms with Gasteiger partial charge in [-0.2, -0.15) is 0 Å². The zero-order valence-electron chi connectivity index (χ0n) is 14.0. The van der Waals surface area contributed by atoms with Crippen LogP contribution in [0, 0.1) is 0 Å². The van der Waals surface area contributed by atoms with Crippen molar-refractivity contribution >= 4 is 6.03 Å². The molecular weight excluding hydrogens is 276 g/mol. The number of methoxy groups -OCH3 is 1. The van der Waals surface area contributed by atoms with Gasteiger partial charge in [-0.1, -0.05) is 51.3 Å². The maximum absolute atomic E-state index is 12.4. The third kappa shape index (κ3) is 3.73. The zero-order valence-corrected chi connectivity index (χ0v) is 14.0. The van der Waals surface area contributed by atoms with Gasteiger partial charge in [0.1, 0.15) is 5.75 Å². The number of hydrogen-bond acceptors (Lipinski definition) is 2. The van der Waals surface area contributed by atoms with E-state index in [1.807, 2.05) is 29.2 Å². The average molecular weight is 304 g/mol. The summed E-state index contributed by atoms with van der Waals surface area (Å²) in [5.74, 6) is 0.850. The maximum atomic E-state index is 12.4. The molecule has 1 aliphatic heterocycles. The highest BCUT2D eigenvalue weighted by atomic mass is 16.5. The van der Waals surface area contributed by atoms with Crippen molar-refractivity contribution < 1.29 is 9.53 Å². The van der Waals surface area contributed by atoms with E-state index in [-0.39, 0.29) is 18.1 Å². The van der Waals surface area contributed by atoms with Crippen LogP contribution in [0.3, 0.4) is 0 Å². The SMILES string of the molecule is CCCCC[C@H]1[C@@H](CC)NC(=O)N1Cc1ccccc1OC. The van der Waals surface area contributed by atoms with E-state index < -0.39 is 0 Å². The van der Waals surface area contributed by atoms with Crippen molar-refractivity contribution in [2.24, 2.45) is 0 Å². The first-order chi connectivity index (χ1) is 10.7. The van der Waals surface area contributed by atoms with Gasteiger partial charge in [0.25, 0.3) is 0 Å². The number of nitrogens with one attached hydrogen (secondary N) is 1. The molecule has 0 radical (unpaired) electrons. The monoisotopic (exact) mass is 304 g/mol. The molecule has 2 amide bonds. The Labute approximate surface area is 133 Å². The van der Waals surface area contributed by atoms with Crippen molar-refractivity contribution in [1.29, 1.82) is 0 Å². The Bertz CT molecular complexity index is 490. The Morgan fingerprint density at radius 3 is 2.68 bits per heavy atom. The van der Waals surface area contributed by atoms with Crippen LogP contribution in [-0.4, -0.2) is 30.1 Å². The Hall–Kier alpha value is -1.71. The summed E-state index contributed by atoms with van der Waals surface area (Å²) < 4.78 is 5.42. The molecule has 1 saturated heterocycles. The van der Waals surface area contributed by atoms with Gasteiger partial charge in [0.05, 0.1) is 25.7 Å². The lowest BCUT2D eigenvalue weighted by atomic mass is 9.99. The topological polar surface area (TPSA) is 41.6 Å². The minimum absolute atomic E-state index is 0.0549. The lowest BCUT2D eigenvalue weighted by Gasteiger charge is -2.26. The van der Waals surface area contributed by atoms with Crippen LogP contribution in [-0.2, 0) is 6.54 Å². The summed E-state index contributed by atoms with van der Waals surface area (Å²) >= 11 is 0. The summed E-state index contributed by atoms with van der Waals surface area (Å²) in [5, 5.41) is 3.13. The number of urea groups is 1. The standard InChI is InChI=1S/C18H28N2O2/c1-4-6-7-11-16-15(5-2)19-18(21)20(16)13-14-10-8-9-12-17(14)22-3/h8-10,12,15-16H,4-7,11,13H2,1-3H3,(H,19,21)/t15-,16+/m1/s1. The lowest BCUT2D eigenvalue weighted by Crippen LogP contribution is -2.36. The van der Waals surface area contributed by atoms with Gasteiger partial charge in [0.15, 0.2) is 0 Å². The van der Waals surface area contributed by atoms with E-state index in [9.17, 15) is 4.79 Å². The Kier molecular flexibility index (Phi) is 6.10. The predicted octanol–water partition coefficient (Wildman–Crippen LogP) is 3.95. The first-order valence-electron chi connectivity index (χ1n) is 8.40. The van der Waals surface area contributed by atoms with E-state index in [0.29, 0.717) is 6.54 Å². The fourth-order valence-corrected chi connectivity index (χ4v) is 3.25. The van der Waals surface area contributed by atoms with Crippen molar-refractivity contribution in [2.45, 2.75) is 64.6 Å². The highest BCUT2D eigenvalue weighted by molar-refractivity contribution is 5.77. The summed E-state index contributed by atoms with van der Waals surface area (Å²) in [6.07, 6.45) is 5.65. The molecule has 2 rings (SSSR count). The number of ether oxygens (including phenoxy) is 1. The minimum Gasteiger partial charge on any atom is -0.496 e. The van der Waals surface area contributed by atoms with Crippen LogP contribution < -0.4 is 10.1 Å². The van der Waals surface area contributed by atoms with Gasteiger partial charge in [-0.15, -0.1) is 0 Å². The summed E-state index contributed by atoms with van der Waals surface area (Å²) in [6, 6.07) is 8.54. The van der Waals surface area contributed by atoms with Crippen LogP contribution in [0.1, 0.15) is 51.5 Å². The van der Waals surface area contributed by atoms with E-state index in [2.05, 4.69) is 19.2 Å². The van der Waals surface area contributed by atoms with E-state index in [4.69, 9.17) is 4.74 Å². The van der Waals surface area contributed by atoms with Gasteiger partial charge in [-0.3, -0.25) is 0 Å². The molecule has 0 aliphatic carbocycles. The van der Waals surface area contributed by atoms with Gasteiger partial charge in [0.2, 0.25) is 0 Å². The molecule has 0 bridgehead atoms. The normalized spacial score (nSPS) is 21.0. The molecule has 0 aromatic heterocycles. The summed E-state index contributed by atoms with van der Waals surface area (Å²) in [6.45, 7) is 4.97. The molecule has 1 aromatic rings. The number of nitrogens with zero attached hydrogens (tertiary/aromatic N) is 1. The molecule has 122 valence electrons. The van der Waals surface area contributed by atoms with Crippen molar-refractivity contribution in [3.8, 4) is 5.75 Å². The third-order valence-electron chi connectivity index (χ3n) is 4.51. The third-order valence-corrected chi connectivity index (χ3v) is 4.51. The number of benzene rings is 1. The molecule has 0 saturated carbocycles. The second kappa shape index (κ2) is 8.06. The number of unbranched alkanes of at least 4 members (excludes halogenated alkanes) is 2. The van der Waals surface area contributed by atoms with Crippen LogP contribution >= 0.6 is 0 Å². The van der Waals surface area contributed by atoms with Crippen LogP contribution in [0.4, 0.5) is 4.79 Å². The number of amides is 2. The maximum Gasteiger partial charge on any atom is 0.318 e. The van der Waals surface area contributed by atoms with Gasteiger partial charge in [-0.25, -0.2) is 4.79 Å². The Balaban J connectivity index is 2.12. The fourth-order valence-electron chi connectivity index (χ4n) is 3.25. The molecule has 0 spiro atoms. The van der Waals surface area contributed by atoms with Crippen LogP contribution in [0.15, 0.2) is 24.3 Å².